The smallest absolute Gasteiger partial charge is 0.0299 e. The highest BCUT2D eigenvalue weighted by molar-refractivity contribution is 7.12. The van der Waals surface area contributed by atoms with E-state index in [1.807, 2.05) is 18.4 Å². The first-order valence-electron chi connectivity index (χ1n) is 6.86. The van der Waals surface area contributed by atoms with Crippen molar-refractivity contribution >= 4 is 11.3 Å². The van der Waals surface area contributed by atoms with E-state index in [0.29, 0.717) is 0 Å². The number of hydrogen-bond donors (Lipinski definition) is 2. The molecule has 0 radical (unpaired) electrons. The van der Waals surface area contributed by atoms with Crippen molar-refractivity contribution in [1.82, 2.24) is 10.6 Å². The van der Waals surface area contributed by atoms with Crippen LogP contribution in [-0.2, 0) is 19.4 Å². The van der Waals surface area contributed by atoms with Gasteiger partial charge in [0.2, 0.25) is 0 Å². The van der Waals surface area contributed by atoms with E-state index >= 15 is 0 Å². The van der Waals surface area contributed by atoms with Crippen molar-refractivity contribution in [1.29, 1.82) is 0 Å². The molecule has 1 aliphatic carbocycles. The Morgan fingerprint density at radius 3 is 2.94 bits per heavy atom. The van der Waals surface area contributed by atoms with Crippen LogP contribution in [0, 0.1) is 0 Å². The van der Waals surface area contributed by atoms with Crippen LogP contribution in [0.15, 0.2) is 6.07 Å². The predicted octanol–water partition coefficient (Wildman–Crippen LogP) is 2.72. The topological polar surface area (TPSA) is 24.1 Å². The van der Waals surface area contributed by atoms with Gasteiger partial charge in [-0.1, -0.05) is 6.42 Å². The van der Waals surface area contributed by atoms with E-state index in [-0.39, 0.29) is 0 Å². The maximum atomic E-state index is 3.53. The van der Waals surface area contributed by atoms with Crippen LogP contribution in [-0.4, -0.2) is 20.1 Å². The minimum absolute atomic E-state index is 1.06. The van der Waals surface area contributed by atoms with Crippen molar-refractivity contribution in [3.8, 4) is 0 Å². The molecule has 0 fully saturated rings. The normalized spacial score (nSPS) is 15.6. The number of rotatable bonds is 6. The van der Waals surface area contributed by atoms with Gasteiger partial charge in [-0.25, -0.2) is 0 Å². The molecule has 2 nitrogen and oxygen atoms in total. The van der Waals surface area contributed by atoms with Crippen LogP contribution in [0.1, 0.15) is 41.0 Å². The highest BCUT2D eigenvalue weighted by atomic mass is 32.1. The Morgan fingerprint density at radius 2 is 2.06 bits per heavy atom. The minimum Gasteiger partial charge on any atom is -0.320 e. The summed E-state index contributed by atoms with van der Waals surface area (Å²) in [7, 11) is 2.01. The van der Waals surface area contributed by atoms with Crippen molar-refractivity contribution < 1.29 is 0 Å². The highest BCUT2D eigenvalue weighted by Gasteiger charge is 2.11. The maximum absolute atomic E-state index is 3.53. The monoisotopic (exact) mass is 252 g/mol. The van der Waals surface area contributed by atoms with Gasteiger partial charge in [-0.2, -0.15) is 0 Å². The molecule has 0 aromatic carbocycles. The molecule has 96 valence electrons. The van der Waals surface area contributed by atoms with Crippen molar-refractivity contribution in [3.63, 3.8) is 0 Å². The van der Waals surface area contributed by atoms with Gasteiger partial charge in [-0.15, -0.1) is 11.3 Å². The van der Waals surface area contributed by atoms with Crippen LogP contribution >= 0.6 is 11.3 Å². The fraction of sp³-hybridized carbons (Fsp3) is 0.714. The lowest BCUT2D eigenvalue weighted by Gasteiger charge is -2.02. The van der Waals surface area contributed by atoms with Crippen LogP contribution < -0.4 is 10.6 Å². The Kier molecular flexibility index (Phi) is 5.49. The van der Waals surface area contributed by atoms with Gasteiger partial charge in [0.15, 0.2) is 0 Å². The van der Waals surface area contributed by atoms with Crippen molar-refractivity contribution in [2.45, 2.75) is 45.1 Å². The summed E-state index contributed by atoms with van der Waals surface area (Å²) in [6.45, 7) is 3.28. The lowest BCUT2D eigenvalue weighted by molar-refractivity contribution is 0.628. The van der Waals surface area contributed by atoms with Gasteiger partial charge >= 0.3 is 0 Å². The lowest BCUT2D eigenvalue weighted by atomic mass is 10.1. The molecule has 0 atom stereocenters. The molecule has 2 N–H and O–H groups in total. The molecule has 2 rings (SSSR count). The summed E-state index contributed by atoms with van der Waals surface area (Å²) in [4.78, 5) is 3.19. The summed E-state index contributed by atoms with van der Waals surface area (Å²) in [6, 6.07) is 2.44. The quantitative estimate of drug-likeness (QED) is 0.601. The molecule has 0 spiro atoms. The molecule has 0 saturated carbocycles. The van der Waals surface area contributed by atoms with E-state index in [1.165, 1.54) is 43.4 Å². The first-order valence-corrected chi connectivity index (χ1v) is 7.67. The van der Waals surface area contributed by atoms with Crippen molar-refractivity contribution in [3.05, 3.63) is 21.4 Å². The summed E-state index contributed by atoms with van der Waals surface area (Å²) < 4.78 is 0. The average molecular weight is 252 g/mol. The van der Waals surface area contributed by atoms with Crippen LogP contribution in [0.5, 0.6) is 0 Å². The summed E-state index contributed by atoms with van der Waals surface area (Å²) >= 11 is 2.03. The number of fused-ring (bicyclic) bond motifs is 1. The first-order chi connectivity index (χ1) is 8.40. The van der Waals surface area contributed by atoms with Gasteiger partial charge in [-0.3, -0.25) is 0 Å². The van der Waals surface area contributed by atoms with E-state index < -0.39 is 0 Å². The largest absolute Gasteiger partial charge is 0.320 e. The first kappa shape index (κ1) is 13.1. The summed E-state index contributed by atoms with van der Waals surface area (Å²) in [5.74, 6) is 0. The predicted molar refractivity (Wildman–Crippen MR) is 75.8 cm³/mol. The van der Waals surface area contributed by atoms with E-state index in [1.54, 1.807) is 10.4 Å². The van der Waals surface area contributed by atoms with Gasteiger partial charge in [0, 0.05) is 16.3 Å². The number of nitrogens with one attached hydrogen (secondary N) is 2. The third kappa shape index (κ3) is 4.09. The Labute approximate surface area is 109 Å². The lowest BCUT2D eigenvalue weighted by Crippen LogP contribution is -2.18. The van der Waals surface area contributed by atoms with Crippen LogP contribution in [0.2, 0.25) is 0 Å². The SMILES string of the molecule is CNCCCNCc1cc2c(s1)CCCCC2. The fourth-order valence-electron chi connectivity index (χ4n) is 2.42. The van der Waals surface area contributed by atoms with E-state index in [9.17, 15) is 0 Å². The minimum atomic E-state index is 1.06. The van der Waals surface area contributed by atoms with Crippen LogP contribution in [0.3, 0.4) is 0 Å². The third-order valence-electron chi connectivity index (χ3n) is 3.38. The molecule has 1 aromatic heterocycles. The molecule has 0 saturated heterocycles. The molecule has 0 amide bonds. The number of thiophene rings is 1. The highest BCUT2D eigenvalue weighted by Crippen LogP contribution is 2.28. The zero-order chi connectivity index (χ0) is 11.9. The van der Waals surface area contributed by atoms with Gasteiger partial charge in [-0.05, 0) is 63.9 Å². The average Bonchev–Trinajstić information content (AvgIpc) is 2.59. The Balaban J connectivity index is 1.77. The molecule has 1 aromatic rings. The second-order valence-corrected chi connectivity index (χ2v) is 6.08. The summed E-state index contributed by atoms with van der Waals surface area (Å²) in [6.07, 6.45) is 8.03. The fourth-order valence-corrected chi connectivity index (χ4v) is 3.65. The van der Waals surface area contributed by atoms with Gasteiger partial charge in [0.25, 0.3) is 0 Å². The standard InChI is InChI=1S/C14H24N2S/c1-15-8-5-9-16-11-13-10-12-6-3-2-4-7-14(12)17-13/h10,15-16H,2-9,11H2,1H3. The van der Waals surface area contributed by atoms with Crippen LogP contribution in [0.25, 0.3) is 0 Å². The molecular formula is C14H24N2S. The molecule has 0 bridgehead atoms. The third-order valence-corrected chi connectivity index (χ3v) is 4.61. The molecule has 17 heavy (non-hydrogen) atoms. The molecule has 1 aliphatic rings. The van der Waals surface area contributed by atoms with Gasteiger partial charge in [0.1, 0.15) is 0 Å². The van der Waals surface area contributed by atoms with Gasteiger partial charge in [0.05, 0.1) is 0 Å². The molecule has 3 heteroatoms. The second kappa shape index (κ2) is 7.14. The Hall–Kier alpha value is -0.380. The molecule has 0 unspecified atom stereocenters. The van der Waals surface area contributed by atoms with Crippen LogP contribution in [0.4, 0.5) is 0 Å². The molecular weight excluding hydrogens is 228 g/mol. The van der Waals surface area contributed by atoms with E-state index in [4.69, 9.17) is 0 Å². The number of aryl methyl sites for hydroxylation is 2. The van der Waals surface area contributed by atoms with E-state index in [0.717, 1.165) is 19.6 Å². The zero-order valence-corrected chi connectivity index (χ0v) is 11.7. The summed E-state index contributed by atoms with van der Waals surface area (Å²) in [5.41, 5.74) is 1.64. The molecule has 1 heterocycles. The van der Waals surface area contributed by atoms with Crippen molar-refractivity contribution in [2.75, 3.05) is 20.1 Å². The summed E-state index contributed by atoms with van der Waals surface area (Å²) in [5, 5.41) is 6.71. The van der Waals surface area contributed by atoms with E-state index in [2.05, 4.69) is 16.7 Å². The molecule has 0 aliphatic heterocycles. The Bertz CT molecular complexity index is 309. The zero-order valence-electron chi connectivity index (χ0n) is 10.8. The maximum Gasteiger partial charge on any atom is 0.0299 e. The Morgan fingerprint density at radius 1 is 1.18 bits per heavy atom. The van der Waals surface area contributed by atoms with Crippen molar-refractivity contribution in [2.24, 2.45) is 0 Å². The van der Waals surface area contributed by atoms with Gasteiger partial charge < -0.3 is 10.6 Å². The second-order valence-electron chi connectivity index (χ2n) is 4.86. The number of hydrogen-bond acceptors (Lipinski definition) is 3.